The molecule has 0 aromatic carbocycles. The van der Waals surface area contributed by atoms with E-state index in [9.17, 15) is 9.59 Å². The number of aromatic nitrogens is 2. The van der Waals surface area contributed by atoms with Crippen LogP contribution in [0.15, 0.2) is 0 Å². The van der Waals surface area contributed by atoms with Gasteiger partial charge in [-0.15, -0.1) is 0 Å². The van der Waals surface area contributed by atoms with Crippen LogP contribution in [0.1, 0.15) is 38.5 Å². The number of hydrogen-bond donors (Lipinski definition) is 4. The largest absolute Gasteiger partial charge is 0.465 e. The molecule has 3 atom stereocenters. The highest BCUT2D eigenvalue weighted by atomic mass is 35.5. The lowest BCUT2D eigenvalue weighted by Gasteiger charge is -2.33. The van der Waals surface area contributed by atoms with Crippen molar-refractivity contribution in [1.29, 1.82) is 0 Å². The zero-order valence-electron chi connectivity index (χ0n) is 18.0. The molecule has 4 rings (SSSR count). The van der Waals surface area contributed by atoms with Crippen LogP contribution in [0, 0.1) is 17.7 Å². The van der Waals surface area contributed by atoms with E-state index in [1.54, 1.807) is 0 Å². The Kier molecular flexibility index (Phi) is 6.85. The molecule has 10 nitrogen and oxygen atoms in total. The normalized spacial score (nSPS) is 24.0. The highest BCUT2D eigenvalue weighted by molar-refractivity contribution is 6.28. The lowest BCUT2D eigenvalue weighted by molar-refractivity contribution is -0.124. The second kappa shape index (κ2) is 9.62. The van der Waals surface area contributed by atoms with Crippen LogP contribution < -0.4 is 21.1 Å². The second-order valence-corrected chi connectivity index (χ2v) is 9.34. The molecule has 0 unspecified atom stereocenters. The molecule has 1 saturated carbocycles. The number of carbonyl (C=O) groups excluding carboxylic acids is 1. The zero-order chi connectivity index (χ0) is 22.8. The topological polar surface area (TPSA) is 123 Å². The average molecular weight is 470 g/mol. The lowest BCUT2D eigenvalue weighted by atomic mass is 9.92. The first-order valence-corrected chi connectivity index (χ1v) is 11.4. The molecule has 2 aliphatic heterocycles. The number of rotatable bonds is 8. The Labute approximate surface area is 190 Å². The van der Waals surface area contributed by atoms with Crippen LogP contribution in [0.4, 0.5) is 20.8 Å². The summed E-state index contributed by atoms with van der Waals surface area (Å²) in [5, 5.41) is 11.1. The number of hydrazine groups is 1. The molecule has 0 radical (unpaired) electrons. The van der Waals surface area contributed by atoms with E-state index >= 15 is 4.39 Å². The first-order valence-electron chi connectivity index (χ1n) is 11.0. The molecule has 3 heterocycles. The Morgan fingerprint density at radius 2 is 2.00 bits per heavy atom. The van der Waals surface area contributed by atoms with Gasteiger partial charge < -0.3 is 15.3 Å². The smallest absolute Gasteiger partial charge is 0.404 e. The molecule has 3 fully saturated rings. The van der Waals surface area contributed by atoms with E-state index in [0.29, 0.717) is 24.9 Å². The first-order chi connectivity index (χ1) is 15.3. The standard InChI is InChI=1S/C20H29ClFN7O3/c1-28-9-14-7-13(28)10-29(14)17-15(22)16(24-19(21)25-17)26-27-18(30)12(8-23-20(31)32)6-11-4-2-3-5-11/h11-14,23H,2-10H2,1H3,(H,27,30)(H,31,32)(H,24,25,26)/t12-,13+,14+/m1/s1. The molecule has 1 aromatic heterocycles. The van der Waals surface area contributed by atoms with Crippen molar-refractivity contribution >= 4 is 35.2 Å². The number of carbonyl (C=O) groups is 2. The van der Waals surface area contributed by atoms with Crippen LogP contribution in [0.2, 0.25) is 5.28 Å². The summed E-state index contributed by atoms with van der Waals surface area (Å²) in [6.07, 6.45) is 4.60. The van der Waals surface area contributed by atoms with Crippen LogP contribution in [0.5, 0.6) is 0 Å². The monoisotopic (exact) mass is 469 g/mol. The number of fused-ring (bicyclic) bond motifs is 2. The van der Waals surface area contributed by atoms with Crippen molar-refractivity contribution < 1.29 is 19.1 Å². The molecular weight excluding hydrogens is 441 g/mol. The van der Waals surface area contributed by atoms with Gasteiger partial charge in [0, 0.05) is 31.7 Å². The van der Waals surface area contributed by atoms with Gasteiger partial charge in [-0.25, -0.2) is 4.79 Å². The van der Waals surface area contributed by atoms with Gasteiger partial charge in [-0.2, -0.15) is 14.4 Å². The Bertz CT molecular complexity index is 868. The number of nitrogens with zero attached hydrogens (tertiary/aromatic N) is 4. The minimum atomic E-state index is -1.19. The van der Waals surface area contributed by atoms with Crippen molar-refractivity contribution in [3.05, 3.63) is 11.1 Å². The summed E-state index contributed by atoms with van der Waals surface area (Å²) < 4.78 is 15.2. The molecule has 2 saturated heterocycles. The van der Waals surface area contributed by atoms with Gasteiger partial charge in [-0.05, 0) is 37.4 Å². The summed E-state index contributed by atoms with van der Waals surface area (Å²) in [6.45, 7) is 1.47. The second-order valence-electron chi connectivity index (χ2n) is 9.00. The van der Waals surface area contributed by atoms with Crippen LogP contribution in [-0.2, 0) is 4.79 Å². The number of piperazine rings is 1. The molecule has 4 N–H and O–H groups in total. The molecule has 0 spiro atoms. The van der Waals surface area contributed by atoms with Crippen molar-refractivity contribution in [2.45, 2.75) is 50.6 Å². The zero-order valence-corrected chi connectivity index (χ0v) is 18.7. The molecular formula is C20H29ClFN7O3. The molecule has 3 aliphatic rings. The van der Waals surface area contributed by atoms with Crippen molar-refractivity contribution in [2.75, 3.05) is 37.0 Å². The quantitative estimate of drug-likeness (QED) is 0.337. The third kappa shape index (κ3) is 4.98. The van der Waals surface area contributed by atoms with Gasteiger partial charge in [0.1, 0.15) is 0 Å². The van der Waals surface area contributed by atoms with Crippen molar-refractivity contribution in [1.82, 2.24) is 25.6 Å². The highest BCUT2D eigenvalue weighted by Gasteiger charge is 2.43. The minimum absolute atomic E-state index is 0.0119. The van der Waals surface area contributed by atoms with E-state index in [-0.39, 0.29) is 29.5 Å². The van der Waals surface area contributed by atoms with Crippen molar-refractivity contribution in [2.24, 2.45) is 11.8 Å². The molecule has 2 amide bonds. The fraction of sp³-hybridized carbons (Fsp3) is 0.700. The summed E-state index contributed by atoms with van der Waals surface area (Å²) in [4.78, 5) is 35.8. The number of hydrogen-bond acceptors (Lipinski definition) is 7. The first kappa shape index (κ1) is 22.8. The fourth-order valence-electron chi connectivity index (χ4n) is 5.17. The van der Waals surface area contributed by atoms with Gasteiger partial charge in [-0.3, -0.25) is 20.5 Å². The lowest BCUT2D eigenvalue weighted by Crippen LogP contribution is -2.45. The predicted octanol–water partition coefficient (Wildman–Crippen LogP) is 2.07. The number of nitrogens with one attached hydrogen (secondary N) is 3. The van der Waals surface area contributed by atoms with Gasteiger partial charge in [0.25, 0.3) is 0 Å². The Balaban J connectivity index is 1.43. The molecule has 176 valence electrons. The number of likely N-dealkylation sites (N-methyl/N-ethyl adjacent to an activating group) is 1. The van der Waals surface area contributed by atoms with Gasteiger partial charge in [0.05, 0.1) is 5.92 Å². The van der Waals surface area contributed by atoms with E-state index in [4.69, 9.17) is 16.7 Å². The Morgan fingerprint density at radius 3 is 2.62 bits per heavy atom. The Hall–Kier alpha value is -2.40. The number of amides is 2. The van der Waals surface area contributed by atoms with Gasteiger partial charge >= 0.3 is 6.09 Å². The van der Waals surface area contributed by atoms with Crippen LogP contribution >= 0.6 is 11.6 Å². The third-order valence-corrected chi connectivity index (χ3v) is 7.03. The minimum Gasteiger partial charge on any atom is -0.465 e. The maximum atomic E-state index is 15.2. The third-order valence-electron chi connectivity index (χ3n) is 6.86. The van der Waals surface area contributed by atoms with Crippen molar-refractivity contribution in [3.63, 3.8) is 0 Å². The summed E-state index contributed by atoms with van der Waals surface area (Å²) in [6, 6.07) is 0.508. The number of carboxylic acid groups (broad SMARTS) is 1. The Morgan fingerprint density at radius 1 is 1.25 bits per heavy atom. The van der Waals surface area contributed by atoms with Gasteiger partial charge in [0.15, 0.2) is 11.6 Å². The summed E-state index contributed by atoms with van der Waals surface area (Å²) in [5.74, 6) is -1.40. The number of halogens is 2. The predicted molar refractivity (Wildman–Crippen MR) is 117 cm³/mol. The van der Waals surface area contributed by atoms with E-state index < -0.39 is 23.7 Å². The summed E-state index contributed by atoms with van der Waals surface area (Å²) >= 11 is 6.05. The maximum absolute atomic E-state index is 15.2. The fourth-order valence-corrected chi connectivity index (χ4v) is 5.34. The molecule has 32 heavy (non-hydrogen) atoms. The van der Waals surface area contributed by atoms with Crippen LogP contribution in [0.3, 0.4) is 0 Å². The summed E-state index contributed by atoms with van der Waals surface area (Å²) in [5.41, 5.74) is 5.03. The van der Waals surface area contributed by atoms with E-state index in [1.807, 2.05) is 4.90 Å². The van der Waals surface area contributed by atoms with E-state index in [1.165, 1.54) is 0 Å². The number of anilines is 2. The SMILES string of the molecule is CN1C[C@@H]2C[C@H]1CN2c1nc(Cl)nc(NNC(=O)[C@@H](CNC(=O)O)CC2CCCC2)c1F. The molecule has 12 heteroatoms. The van der Waals surface area contributed by atoms with Gasteiger partial charge in [-0.1, -0.05) is 25.7 Å². The molecule has 2 bridgehead atoms. The van der Waals surface area contributed by atoms with E-state index in [0.717, 1.165) is 38.6 Å². The highest BCUT2D eigenvalue weighted by Crippen LogP contribution is 2.35. The maximum Gasteiger partial charge on any atom is 0.404 e. The number of likely N-dealkylation sites (tertiary alicyclic amines) is 1. The van der Waals surface area contributed by atoms with E-state index in [2.05, 4.69) is 38.1 Å². The van der Waals surface area contributed by atoms with Gasteiger partial charge in [0.2, 0.25) is 17.0 Å². The molecule has 1 aliphatic carbocycles. The van der Waals surface area contributed by atoms with Crippen LogP contribution in [0.25, 0.3) is 0 Å². The average Bonchev–Trinajstić information content (AvgIpc) is 3.48. The van der Waals surface area contributed by atoms with Crippen molar-refractivity contribution in [3.8, 4) is 0 Å². The molecule has 1 aromatic rings. The van der Waals surface area contributed by atoms with Crippen LogP contribution in [-0.4, -0.2) is 70.7 Å². The summed E-state index contributed by atoms with van der Waals surface area (Å²) in [7, 11) is 2.05.